The molecule has 4 aliphatic rings. The third kappa shape index (κ3) is 4.81. The van der Waals surface area contributed by atoms with Gasteiger partial charge in [-0.25, -0.2) is 0 Å². The molecule has 0 saturated carbocycles. The van der Waals surface area contributed by atoms with Crippen LogP contribution in [0.25, 0.3) is 10.8 Å². The lowest BCUT2D eigenvalue weighted by Crippen LogP contribution is -2.43. The first-order valence-electron chi connectivity index (χ1n) is 16.6. The summed E-state index contributed by atoms with van der Waals surface area (Å²) >= 11 is 0. The molecule has 0 unspecified atom stereocenters. The summed E-state index contributed by atoms with van der Waals surface area (Å²) in [6.07, 6.45) is 7.74. The molecule has 0 atom stereocenters. The van der Waals surface area contributed by atoms with Gasteiger partial charge in [-0.05, 0) is 81.1 Å². The normalized spacial score (nSPS) is 19.6. The molecule has 0 aliphatic carbocycles. The highest BCUT2D eigenvalue weighted by molar-refractivity contribution is 5.97. The number of rotatable bonds is 7. The van der Waals surface area contributed by atoms with Crippen molar-refractivity contribution in [3.8, 4) is 6.01 Å². The minimum absolute atomic E-state index is 0.0383. The first-order chi connectivity index (χ1) is 21.6. The molecule has 9 nitrogen and oxygen atoms in total. The maximum absolute atomic E-state index is 9.73. The Morgan fingerprint density at radius 2 is 1.75 bits per heavy atom. The van der Waals surface area contributed by atoms with E-state index in [0.29, 0.717) is 19.2 Å². The van der Waals surface area contributed by atoms with E-state index in [-0.39, 0.29) is 12.1 Å². The van der Waals surface area contributed by atoms with Crippen molar-refractivity contribution in [2.24, 2.45) is 0 Å². The Kier molecular flexibility index (Phi) is 7.18. The zero-order valence-electron chi connectivity index (χ0n) is 25.8. The summed E-state index contributed by atoms with van der Waals surface area (Å²) < 4.78 is 8.66. The molecule has 0 amide bonds. The average molecular weight is 594 g/mol. The first-order valence-corrected chi connectivity index (χ1v) is 16.6. The Morgan fingerprint density at radius 3 is 2.57 bits per heavy atom. The van der Waals surface area contributed by atoms with E-state index in [4.69, 9.17) is 14.7 Å². The highest BCUT2D eigenvalue weighted by atomic mass is 16.5. The molecule has 8 rings (SSSR count). The number of benzene rings is 2. The fraction of sp³-hybridized carbons (Fsp3) is 0.514. The smallest absolute Gasteiger partial charge is 0.318 e. The number of fused-ring (bicyclic) bond motifs is 4. The van der Waals surface area contributed by atoms with Crippen molar-refractivity contribution in [2.45, 2.75) is 83.6 Å². The molecule has 230 valence electrons. The minimum atomic E-state index is -0.0383. The van der Waals surface area contributed by atoms with Gasteiger partial charge >= 0.3 is 6.01 Å². The van der Waals surface area contributed by atoms with Gasteiger partial charge in [0, 0.05) is 36.3 Å². The van der Waals surface area contributed by atoms with Crippen LogP contribution in [0.2, 0.25) is 0 Å². The number of anilines is 2. The molecule has 2 aromatic heterocycles. The van der Waals surface area contributed by atoms with Gasteiger partial charge in [-0.15, -0.1) is 0 Å². The minimum Gasteiger partial charge on any atom is -0.461 e. The number of aliphatic hydroxyl groups excluding tert-OH is 1. The zero-order chi connectivity index (χ0) is 29.7. The van der Waals surface area contributed by atoms with Crippen LogP contribution in [0.1, 0.15) is 67.2 Å². The van der Waals surface area contributed by atoms with Gasteiger partial charge in [-0.2, -0.15) is 15.1 Å². The summed E-state index contributed by atoms with van der Waals surface area (Å²) in [6, 6.07) is 15.9. The van der Waals surface area contributed by atoms with E-state index in [1.165, 1.54) is 66.4 Å². The van der Waals surface area contributed by atoms with Crippen molar-refractivity contribution >= 4 is 22.3 Å². The van der Waals surface area contributed by atoms with E-state index in [9.17, 15) is 5.11 Å². The van der Waals surface area contributed by atoms with Gasteiger partial charge in [0.25, 0.3) is 0 Å². The standard InChI is InChI=1S/C35H43N7O2/c1-2-25-8-3-9-26-10-4-11-31(32(25)26)39-19-12-29-30(22-39)36-34(44-24-35-13-5-16-41(35)17-6-14-35)37-33(29)40-15-7-18-42-28(21-40)20-27(23-43)38-42/h3-4,8-11,20,43H,2,5-7,12-19,21-24H2,1H3. The number of aliphatic hydroxyl groups is 1. The topological polar surface area (TPSA) is 82.8 Å². The quantitative estimate of drug-likeness (QED) is 0.325. The monoisotopic (exact) mass is 593 g/mol. The Labute approximate surface area is 259 Å². The van der Waals surface area contributed by atoms with E-state index in [2.05, 4.69) is 67.8 Å². The highest BCUT2D eigenvalue weighted by Crippen LogP contribution is 2.40. The Balaban J connectivity index is 1.16. The molecule has 2 aromatic carbocycles. The van der Waals surface area contributed by atoms with Crippen LogP contribution in [0.3, 0.4) is 0 Å². The number of ether oxygens (including phenoxy) is 1. The summed E-state index contributed by atoms with van der Waals surface area (Å²) in [5.41, 5.74) is 6.97. The fourth-order valence-corrected chi connectivity index (χ4v) is 8.32. The van der Waals surface area contributed by atoms with Crippen LogP contribution in [-0.2, 0) is 39.1 Å². The third-order valence-corrected chi connectivity index (χ3v) is 10.5. The van der Waals surface area contributed by atoms with E-state index < -0.39 is 0 Å². The number of aromatic nitrogens is 4. The van der Waals surface area contributed by atoms with Crippen LogP contribution in [0.15, 0.2) is 42.5 Å². The molecule has 4 aliphatic heterocycles. The molecular weight excluding hydrogens is 550 g/mol. The maximum atomic E-state index is 9.73. The predicted octanol–water partition coefficient (Wildman–Crippen LogP) is 4.86. The summed E-state index contributed by atoms with van der Waals surface area (Å²) in [6.45, 7) is 9.31. The predicted molar refractivity (Wildman–Crippen MR) is 172 cm³/mol. The van der Waals surface area contributed by atoms with Crippen molar-refractivity contribution in [3.05, 3.63) is 70.7 Å². The van der Waals surface area contributed by atoms with Crippen molar-refractivity contribution in [3.63, 3.8) is 0 Å². The lowest BCUT2D eigenvalue weighted by atomic mass is 9.95. The summed E-state index contributed by atoms with van der Waals surface area (Å²) in [5.74, 6) is 1.00. The summed E-state index contributed by atoms with van der Waals surface area (Å²) in [4.78, 5) is 17.9. The van der Waals surface area contributed by atoms with Gasteiger partial charge < -0.3 is 19.6 Å². The van der Waals surface area contributed by atoms with Crippen LogP contribution in [0, 0.1) is 0 Å². The molecule has 0 bridgehead atoms. The second-order valence-electron chi connectivity index (χ2n) is 13.1. The summed E-state index contributed by atoms with van der Waals surface area (Å²) in [5, 5.41) is 17.0. The molecular formula is C35H43N7O2. The molecule has 2 fully saturated rings. The third-order valence-electron chi connectivity index (χ3n) is 10.5. The Bertz CT molecular complexity index is 1670. The van der Waals surface area contributed by atoms with Crippen LogP contribution < -0.4 is 14.5 Å². The van der Waals surface area contributed by atoms with Crippen molar-refractivity contribution < 1.29 is 9.84 Å². The molecule has 0 spiro atoms. The molecule has 6 heterocycles. The lowest BCUT2D eigenvalue weighted by molar-refractivity contribution is 0.107. The molecule has 2 saturated heterocycles. The van der Waals surface area contributed by atoms with Crippen molar-refractivity contribution in [2.75, 3.05) is 42.6 Å². The van der Waals surface area contributed by atoms with Gasteiger partial charge in [-0.3, -0.25) is 9.58 Å². The zero-order valence-corrected chi connectivity index (χ0v) is 25.8. The van der Waals surface area contributed by atoms with Crippen LogP contribution in [0.5, 0.6) is 6.01 Å². The van der Waals surface area contributed by atoms with Gasteiger partial charge in [-0.1, -0.05) is 37.3 Å². The Hall–Kier alpha value is -3.69. The van der Waals surface area contributed by atoms with Crippen molar-refractivity contribution in [1.29, 1.82) is 0 Å². The van der Waals surface area contributed by atoms with Gasteiger partial charge in [0.2, 0.25) is 0 Å². The van der Waals surface area contributed by atoms with Crippen LogP contribution >= 0.6 is 0 Å². The molecule has 0 radical (unpaired) electrons. The van der Waals surface area contributed by atoms with Crippen LogP contribution in [0.4, 0.5) is 11.5 Å². The molecule has 4 aromatic rings. The second kappa shape index (κ2) is 11.3. The Morgan fingerprint density at radius 1 is 0.909 bits per heavy atom. The van der Waals surface area contributed by atoms with Crippen LogP contribution in [-0.4, -0.2) is 68.1 Å². The molecule has 1 N–H and O–H groups in total. The van der Waals surface area contributed by atoms with Gasteiger partial charge in [0.1, 0.15) is 12.4 Å². The number of hydrogen-bond acceptors (Lipinski definition) is 8. The van der Waals surface area contributed by atoms with Gasteiger partial charge in [0.05, 0.1) is 42.3 Å². The van der Waals surface area contributed by atoms with E-state index in [0.717, 1.165) is 68.3 Å². The SMILES string of the molecule is CCc1cccc2cccc(N3CCc4c(nc(OCC56CCCN5CCC6)nc4N4CCCn5nc(CO)cc5C4)C3)c12. The molecule has 9 heteroatoms. The lowest BCUT2D eigenvalue weighted by Gasteiger charge is -2.35. The second-order valence-corrected chi connectivity index (χ2v) is 13.1. The fourth-order valence-electron chi connectivity index (χ4n) is 8.32. The van der Waals surface area contributed by atoms with Crippen molar-refractivity contribution in [1.82, 2.24) is 24.6 Å². The highest BCUT2D eigenvalue weighted by Gasteiger charge is 2.45. The number of nitrogens with zero attached hydrogens (tertiary/aromatic N) is 7. The summed E-state index contributed by atoms with van der Waals surface area (Å²) in [7, 11) is 0. The number of aryl methyl sites for hydroxylation is 2. The molecule has 44 heavy (non-hydrogen) atoms. The van der Waals surface area contributed by atoms with Gasteiger partial charge in [0.15, 0.2) is 0 Å². The number of hydrogen-bond donors (Lipinski definition) is 1. The average Bonchev–Trinajstić information content (AvgIpc) is 3.73. The van der Waals surface area contributed by atoms with E-state index >= 15 is 0 Å². The van der Waals surface area contributed by atoms with E-state index in [1.54, 1.807) is 0 Å². The largest absolute Gasteiger partial charge is 0.461 e. The maximum Gasteiger partial charge on any atom is 0.318 e. The first kappa shape index (κ1) is 27.8. The van der Waals surface area contributed by atoms with E-state index in [1.807, 2.05) is 6.07 Å².